The molecule has 132 valence electrons. The van der Waals surface area contributed by atoms with Gasteiger partial charge in [-0.3, -0.25) is 24.6 Å². The lowest BCUT2D eigenvalue weighted by molar-refractivity contribution is 0.0942. The molecule has 6 nitrogen and oxygen atoms in total. The molecule has 0 aromatic carbocycles. The Morgan fingerprint density at radius 3 is 1.88 bits per heavy atom. The second-order valence-electron chi connectivity index (χ2n) is 5.82. The first-order chi connectivity index (χ1) is 12.8. The van der Waals surface area contributed by atoms with Gasteiger partial charge in [0.05, 0.1) is 11.4 Å². The molecule has 6 heteroatoms. The van der Waals surface area contributed by atoms with Gasteiger partial charge in [0.1, 0.15) is 5.69 Å². The van der Waals surface area contributed by atoms with Crippen LogP contribution in [-0.2, 0) is 13.1 Å². The molecule has 0 aliphatic heterocycles. The zero-order chi connectivity index (χ0) is 18.0. The number of carbonyl (C=O) groups is 1. The molecule has 0 unspecified atom stereocenters. The van der Waals surface area contributed by atoms with Crippen LogP contribution in [0.3, 0.4) is 0 Å². The van der Waals surface area contributed by atoms with E-state index in [2.05, 4.69) is 25.2 Å². The molecule has 0 saturated carbocycles. The largest absolute Gasteiger partial charge is 0.349 e. The fourth-order valence-electron chi connectivity index (χ4n) is 2.57. The average Bonchev–Trinajstić information content (AvgIpc) is 2.70. The third-order valence-electron chi connectivity index (χ3n) is 3.83. The molecule has 0 aliphatic rings. The zero-order valence-electron chi connectivity index (χ0n) is 14.5. The Labute approximate surface area is 153 Å². The zero-order valence-corrected chi connectivity index (χ0v) is 14.5. The Morgan fingerprint density at radius 2 is 1.38 bits per heavy atom. The summed E-state index contributed by atoms with van der Waals surface area (Å²) in [7, 11) is 0. The summed E-state index contributed by atoms with van der Waals surface area (Å²) in [5.41, 5.74) is 2.40. The Balaban J connectivity index is 1.59. The molecule has 0 bridgehead atoms. The lowest BCUT2D eigenvalue weighted by atomic mass is 10.3. The molecule has 0 spiro atoms. The summed E-state index contributed by atoms with van der Waals surface area (Å²) in [6, 6.07) is 17.0. The van der Waals surface area contributed by atoms with Crippen LogP contribution in [0.4, 0.5) is 0 Å². The Morgan fingerprint density at radius 1 is 0.808 bits per heavy atom. The van der Waals surface area contributed by atoms with E-state index in [1.54, 1.807) is 36.8 Å². The van der Waals surface area contributed by atoms with E-state index in [4.69, 9.17) is 0 Å². The van der Waals surface area contributed by atoms with E-state index in [0.29, 0.717) is 31.9 Å². The first-order valence-corrected chi connectivity index (χ1v) is 8.52. The third kappa shape index (κ3) is 5.46. The van der Waals surface area contributed by atoms with Crippen molar-refractivity contribution < 1.29 is 4.79 Å². The van der Waals surface area contributed by atoms with Gasteiger partial charge in [0.25, 0.3) is 5.91 Å². The normalized spacial score (nSPS) is 10.7. The van der Waals surface area contributed by atoms with E-state index < -0.39 is 0 Å². The molecule has 3 heterocycles. The highest BCUT2D eigenvalue weighted by Crippen LogP contribution is 2.06. The topological polar surface area (TPSA) is 71.0 Å². The van der Waals surface area contributed by atoms with Gasteiger partial charge in [0, 0.05) is 44.8 Å². The number of aromatic nitrogens is 3. The Hall–Kier alpha value is -3.12. The third-order valence-corrected chi connectivity index (χ3v) is 3.83. The maximum Gasteiger partial charge on any atom is 0.269 e. The molecule has 1 amide bonds. The molecule has 0 aliphatic carbocycles. The molecular weight excluding hydrogens is 326 g/mol. The monoisotopic (exact) mass is 347 g/mol. The first-order valence-electron chi connectivity index (χ1n) is 8.52. The lowest BCUT2D eigenvalue weighted by Crippen LogP contribution is -2.35. The van der Waals surface area contributed by atoms with Crippen LogP contribution in [0, 0.1) is 0 Å². The summed E-state index contributed by atoms with van der Waals surface area (Å²) in [6.07, 6.45) is 5.19. The van der Waals surface area contributed by atoms with Crippen LogP contribution in [0.2, 0.25) is 0 Å². The summed E-state index contributed by atoms with van der Waals surface area (Å²) >= 11 is 0. The minimum atomic E-state index is -0.166. The van der Waals surface area contributed by atoms with E-state index in [1.807, 2.05) is 36.4 Å². The fraction of sp³-hybridized carbons (Fsp3) is 0.200. The number of hydrogen-bond donors (Lipinski definition) is 1. The van der Waals surface area contributed by atoms with Crippen LogP contribution in [0.25, 0.3) is 0 Å². The highest BCUT2D eigenvalue weighted by atomic mass is 16.1. The van der Waals surface area contributed by atoms with E-state index in [-0.39, 0.29) is 5.91 Å². The number of rotatable bonds is 8. The van der Waals surface area contributed by atoms with Gasteiger partial charge in [-0.25, -0.2) is 0 Å². The minimum absolute atomic E-state index is 0.166. The summed E-state index contributed by atoms with van der Waals surface area (Å²) in [5, 5.41) is 2.92. The van der Waals surface area contributed by atoms with Gasteiger partial charge in [-0.1, -0.05) is 18.2 Å². The molecule has 3 rings (SSSR count). The predicted molar refractivity (Wildman–Crippen MR) is 99.2 cm³/mol. The number of pyridine rings is 3. The molecule has 0 radical (unpaired) electrons. The van der Waals surface area contributed by atoms with Crippen molar-refractivity contribution in [3.8, 4) is 0 Å². The van der Waals surface area contributed by atoms with Gasteiger partial charge in [0.15, 0.2) is 0 Å². The maximum absolute atomic E-state index is 12.1. The average molecular weight is 347 g/mol. The lowest BCUT2D eigenvalue weighted by Gasteiger charge is -2.21. The van der Waals surface area contributed by atoms with Crippen molar-refractivity contribution in [2.45, 2.75) is 13.1 Å². The molecule has 3 aromatic rings. The molecule has 26 heavy (non-hydrogen) atoms. The SMILES string of the molecule is O=C(NCCN(Cc1ccccn1)Cc1ccccn1)c1ccccn1. The molecule has 3 aromatic heterocycles. The van der Waals surface area contributed by atoms with Gasteiger partial charge in [-0.05, 0) is 36.4 Å². The van der Waals surface area contributed by atoms with E-state index in [1.165, 1.54) is 0 Å². The van der Waals surface area contributed by atoms with Gasteiger partial charge in [0.2, 0.25) is 0 Å². The van der Waals surface area contributed by atoms with E-state index in [0.717, 1.165) is 11.4 Å². The smallest absolute Gasteiger partial charge is 0.269 e. The van der Waals surface area contributed by atoms with Crippen molar-refractivity contribution in [1.29, 1.82) is 0 Å². The van der Waals surface area contributed by atoms with E-state index >= 15 is 0 Å². The van der Waals surface area contributed by atoms with Crippen molar-refractivity contribution in [2.24, 2.45) is 0 Å². The predicted octanol–water partition coefficient (Wildman–Crippen LogP) is 2.30. The number of nitrogens with zero attached hydrogens (tertiary/aromatic N) is 4. The highest BCUT2D eigenvalue weighted by Gasteiger charge is 2.10. The van der Waals surface area contributed by atoms with Gasteiger partial charge in [-0.2, -0.15) is 0 Å². The standard InChI is InChI=1S/C20H21N5O/c26-20(19-9-3-6-12-23-19)24-13-14-25(15-17-7-1-4-10-21-17)16-18-8-2-5-11-22-18/h1-12H,13-16H2,(H,24,26). The summed E-state index contributed by atoms with van der Waals surface area (Å²) in [4.78, 5) is 27.2. The van der Waals surface area contributed by atoms with Crippen molar-refractivity contribution in [1.82, 2.24) is 25.2 Å². The molecule has 0 fully saturated rings. The number of amides is 1. The molecule has 0 saturated heterocycles. The molecular formula is C20H21N5O. The van der Waals surface area contributed by atoms with Crippen molar-refractivity contribution in [3.05, 3.63) is 90.3 Å². The van der Waals surface area contributed by atoms with E-state index in [9.17, 15) is 4.79 Å². The summed E-state index contributed by atoms with van der Waals surface area (Å²) < 4.78 is 0. The van der Waals surface area contributed by atoms with Crippen LogP contribution in [0.5, 0.6) is 0 Å². The van der Waals surface area contributed by atoms with Crippen molar-refractivity contribution >= 4 is 5.91 Å². The minimum Gasteiger partial charge on any atom is -0.349 e. The quantitative estimate of drug-likeness (QED) is 0.677. The number of hydrogen-bond acceptors (Lipinski definition) is 5. The van der Waals surface area contributed by atoms with Gasteiger partial charge >= 0.3 is 0 Å². The van der Waals surface area contributed by atoms with Gasteiger partial charge < -0.3 is 5.32 Å². The van der Waals surface area contributed by atoms with Crippen LogP contribution < -0.4 is 5.32 Å². The summed E-state index contributed by atoms with van der Waals surface area (Å²) in [6.45, 7) is 2.59. The molecule has 0 atom stereocenters. The second-order valence-corrected chi connectivity index (χ2v) is 5.82. The maximum atomic E-state index is 12.1. The van der Waals surface area contributed by atoms with Crippen molar-refractivity contribution in [2.75, 3.05) is 13.1 Å². The van der Waals surface area contributed by atoms with Gasteiger partial charge in [-0.15, -0.1) is 0 Å². The molecule has 1 N–H and O–H groups in total. The van der Waals surface area contributed by atoms with Crippen LogP contribution in [0.1, 0.15) is 21.9 Å². The fourth-order valence-corrected chi connectivity index (χ4v) is 2.57. The Kier molecular flexibility index (Phi) is 6.39. The highest BCUT2D eigenvalue weighted by molar-refractivity contribution is 5.92. The Bertz CT molecular complexity index is 755. The van der Waals surface area contributed by atoms with Crippen LogP contribution in [0.15, 0.2) is 73.2 Å². The second kappa shape index (κ2) is 9.39. The summed E-state index contributed by atoms with van der Waals surface area (Å²) in [5.74, 6) is -0.166. The van der Waals surface area contributed by atoms with Crippen molar-refractivity contribution in [3.63, 3.8) is 0 Å². The van der Waals surface area contributed by atoms with Crippen LogP contribution >= 0.6 is 0 Å². The van der Waals surface area contributed by atoms with Crippen LogP contribution in [-0.4, -0.2) is 38.8 Å². The number of nitrogens with one attached hydrogen (secondary N) is 1. The first kappa shape index (κ1) is 17.7. The number of carbonyl (C=O) groups excluding carboxylic acids is 1.